The summed E-state index contributed by atoms with van der Waals surface area (Å²) in [6.07, 6.45) is 0.419. The number of carboxylic acids is 1. The molecule has 0 unspecified atom stereocenters. The molecule has 9 nitrogen and oxygen atoms in total. The fourth-order valence-electron chi connectivity index (χ4n) is 1.29. The molecule has 0 bridgehead atoms. The quantitative estimate of drug-likeness (QED) is 0.328. The number of oxime groups is 1. The van der Waals surface area contributed by atoms with Crippen molar-refractivity contribution in [3.8, 4) is 0 Å². The van der Waals surface area contributed by atoms with Crippen LogP contribution in [0.25, 0.3) is 0 Å². The zero-order chi connectivity index (χ0) is 18.5. The van der Waals surface area contributed by atoms with Crippen LogP contribution in [0.3, 0.4) is 0 Å². The molecule has 0 spiro atoms. The Morgan fingerprint density at radius 2 is 1.96 bits per heavy atom. The molecular formula is C14H19N3O6S. The van der Waals surface area contributed by atoms with Crippen LogP contribution >= 0.6 is 11.3 Å². The van der Waals surface area contributed by atoms with Crippen LogP contribution in [0.1, 0.15) is 40.3 Å². The highest BCUT2D eigenvalue weighted by Gasteiger charge is 2.36. The second-order valence-corrected chi connectivity index (χ2v) is 7.01. The fourth-order valence-corrected chi connectivity index (χ4v) is 1.95. The zero-order valence-electron chi connectivity index (χ0n) is 13.9. The molecule has 0 atom stereocenters. The van der Waals surface area contributed by atoms with E-state index in [1.165, 1.54) is 19.2 Å². The van der Waals surface area contributed by atoms with Crippen molar-refractivity contribution in [2.24, 2.45) is 5.16 Å². The summed E-state index contributed by atoms with van der Waals surface area (Å²) in [5, 5.41) is 16.7. The van der Waals surface area contributed by atoms with E-state index < -0.39 is 28.9 Å². The lowest BCUT2D eigenvalue weighted by Crippen LogP contribution is -2.40. The first kappa shape index (κ1) is 19.6. The maximum Gasteiger partial charge on any atom is 0.360 e. The molecule has 1 amide bonds. The number of esters is 1. The van der Waals surface area contributed by atoms with Gasteiger partial charge in [-0.05, 0) is 34.6 Å². The monoisotopic (exact) mass is 357 g/mol. The highest BCUT2D eigenvalue weighted by molar-refractivity contribution is 7.14. The Kier molecular flexibility index (Phi) is 6.02. The molecule has 1 aromatic rings. The number of nitrogens with one attached hydrogen (secondary N) is 1. The molecule has 1 aromatic heterocycles. The third kappa shape index (κ3) is 5.61. The predicted octanol–water partition coefficient (Wildman–Crippen LogP) is 1.64. The van der Waals surface area contributed by atoms with Crippen molar-refractivity contribution < 1.29 is 29.1 Å². The number of nitrogens with zero attached hydrogens (tertiary/aromatic N) is 2. The number of anilines is 1. The molecule has 0 aliphatic heterocycles. The number of hydrogen-bond acceptors (Lipinski definition) is 8. The van der Waals surface area contributed by atoms with Gasteiger partial charge in [-0.1, -0.05) is 5.16 Å². The van der Waals surface area contributed by atoms with Crippen molar-refractivity contribution in [3.05, 3.63) is 11.1 Å². The number of hydrogen-bond donors (Lipinski definition) is 2. The van der Waals surface area contributed by atoms with Gasteiger partial charge in [0, 0.05) is 5.38 Å². The molecule has 0 saturated heterocycles. The predicted molar refractivity (Wildman–Crippen MR) is 87.0 cm³/mol. The minimum Gasteiger partial charge on any atom is -0.476 e. The van der Waals surface area contributed by atoms with E-state index in [0.717, 1.165) is 11.3 Å². The van der Waals surface area contributed by atoms with Gasteiger partial charge in [-0.2, -0.15) is 0 Å². The van der Waals surface area contributed by atoms with Crippen LogP contribution < -0.4 is 5.32 Å². The Bertz CT molecular complexity index is 660. The lowest BCUT2D eigenvalue weighted by molar-refractivity contribution is -0.179. The minimum absolute atomic E-state index is 0.00293. The number of carboxylic acid groups (broad SMARTS) is 1. The van der Waals surface area contributed by atoms with E-state index in [1.807, 2.05) is 0 Å². The van der Waals surface area contributed by atoms with Crippen LogP contribution in [0.5, 0.6) is 0 Å². The number of rotatable bonds is 7. The molecule has 10 heteroatoms. The molecule has 132 valence electrons. The first-order valence-electron chi connectivity index (χ1n) is 6.85. The average molecular weight is 357 g/mol. The molecule has 0 saturated carbocycles. The fraction of sp³-hybridized carbons (Fsp3) is 0.500. The van der Waals surface area contributed by atoms with E-state index in [-0.39, 0.29) is 10.8 Å². The summed E-state index contributed by atoms with van der Waals surface area (Å²) in [4.78, 5) is 42.7. The van der Waals surface area contributed by atoms with E-state index in [9.17, 15) is 19.5 Å². The topological polar surface area (TPSA) is 127 Å². The molecule has 0 radical (unpaired) electrons. The number of thiazole rings is 1. The number of aliphatic carboxylic acids is 1. The van der Waals surface area contributed by atoms with E-state index in [2.05, 4.69) is 15.5 Å². The van der Waals surface area contributed by atoms with E-state index >= 15 is 0 Å². The molecule has 0 aromatic carbocycles. The number of carbonyl (C=O) groups excluding carboxylic acids is 2. The first-order valence-corrected chi connectivity index (χ1v) is 7.73. The molecule has 0 fully saturated rings. The summed E-state index contributed by atoms with van der Waals surface area (Å²) in [5.74, 6) is -2.08. The summed E-state index contributed by atoms with van der Waals surface area (Å²) >= 11 is 1.02. The largest absolute Gasteiger partial charge is 0.476 e. The van der Waals surface area contributed by atoms with Crippen LogP contribution in [0.4, 0.5) is 5.13 Å². The van der Waals surface area contributed by atoms with Gasteiger partial charge in [0.05, 0.1) is 0 Å². The molecule has 1 rings (SSSR count). The smallest absolute Gasteiger partial charge is 0.360 e. The van der Waals surface area contributed by atoms with Gasteiger partial charge in [-0.15, -0.1) is 11.3 Å². The van der Waals surface area contributed by atoms with Crippen molar-refractivity contribution in [1.29, 1.82) is 0 Å². The van der Waals surface area contributed by atoms with E-state index in [4.69, 9.17) is 9.57 Å². The number of amides is 1. The maximum atomic E-state index is 12.1. The normalized spacial score (nSPS) is 12.5. The van der Waals surface area contributed by atoms with Crippen LogP contribution in [-0.2, 0) is 24.0 Å². The van der Waals surface area contributed by atoms with Crippen molar-refractivity contribution in [3.63, 3.8) is 0 Å². The van der Waals surface area contributed by atoms with E-state index in [1.54, 1.807) is 20.8 Å². The minimum atomic E-state index is -1.49. The van der Waals surface area contributed by atoms with Crippen molar-refractivity contribution in [2.75, 3.05) is 5.32 Å². The molecule has 1 heterocycles. The van der Waals surface area contributed by atoms with Gasteiger partial charge in [0.25, 0.3) is 0 Å². The highest BCUT2D eigenvalue weighted by Crippen LogP contribution is 2.19. The lowest BCUT2D eigenvalue weighted by Gasteiger charge is -2.26. The molecule has 2 N–H and O–H groups in total. The van der Waals surface area contributed by atoms with Gasteiger partial charge in [-0.25, -0.2) is 14.6 Å². The Morgan fingerprint density at radius 1 is 1.33 bits per heavy atom. The summed E-state index contributed by atoms with van der Waals surface area (Å²) in [7, 11) is 0. The van der Waals surface area contributed by atoms with E-state index in [0.29, 0.717) is 6.41 Å². The van der Waals surface area contributed by atoms with Gasteiger partial charge >= 0.3 is 11.9 Å². The third-order valence-corrected chi connectivity index (χ3v) is 3.16. The third-order valence-electron chi connectivity index (χ3n) is 2.39. The van der Waals surface area contributed by atoms with Crippen LogP contribution in [0.15, 0.2) is 10.5 Å². The Hall–Kier alpha value is -2.49. The van der Waals surface area contributed by atoms with Gasteiger partial charge in [0.15, 0.2) is 5.13 Å². The number of ether oxygens (including phenoxy) is 1. The van der Waals surface area contributed by atoms with Crippen LogP contribution in [0.2, 0.25) is 0 Å². The van der Waals surface area contributed by atoms with Gasteiger partial charge < -0.3 is 20.0 Å². The van der Waals surface area contributed by atoms with Crippen molar-refractivity contribution >= 4 is 40.5 Å². The van der Waals surface area contributed by atoms with Crippen LogP contribution in [-0.4, -0.2) is 45.4 Å². The standard InChI is InChI=1S/C14H19N3O6S/c1-13(2,3)22-11(21)14(4,5)23-17-9(10(19)20)8-6-24-12(16-8)15-7-18/h6-7H,1-5H3,(H,19,20)(H,15,16,18)/b17-9+. The summed E-state index contributed by atoms with van der Waals surface area (Å²) in [6.45, 7) is 7.91. The van der Waals surface area contributed by atoms with Crippen LogP contribution in [0, 0.1) is 0 Å². The van der Waals surface area contributed by atoms with Gasteiger partial charge in [0.1, 0.15) is 11.3 Å². The summed E-state index contributed by atoms with van der Waals surface area (Å²) < 4.78 is 5.19. The Morgan fingerprint density at radius 3 is 2.46 bits per heavy atom. The number of carbonyl (C=O) groups is 3. The molecule has 0 aliphatic carbocycles. The molecule has 24 heavy (non-hydrogen) atoms. The second kappa shape index (κ2) is 7.39. The lowest BCUT2D eigenvalue weighted by atomic mass is 10.1. The van der Waals surface area contributed by atoms with Crippen molar-refractivity contribution in [2.45, 2.75) is 45.8 Å². The summed E-state index contributed by atoms with van der Waals surface area (Å²) in [6, 6.07) is 0. The van der Waals surface area contributed by atoms with Crippen molar-refractivity contribution in [1.82, 2.24) is 4.98 Å². The Labute approximate surface area is 142 Å². The first-order chi connectivity index (χ1) is 11.0. The maximum absolute atomic E-state index is 12.1. The molecule has 0 aliphatic rings. The SMILES string of the molecule is CC(C)(C)OC(=O)C(C)(C)O/N=C(/C(=O)O)c1csc(NC=O)n1. The summed E-state index contributed by atoms with van der Waals surface area (Å²) in [5.41, 5.74) is -2.71. The number of aromatic nitrogens is 1. The average Bonchev–Trinajstić information content (AvgIpc) is 2.85. The second-order valence-electron chi connectivity index (χ2n) is 6.15. The molecular weight excluding hydrogens is 338 g/mol. The Balaban J connectivity index is 2.98. The highest BCUT2D eigenvalue weighted by atomic mass is 32.1. The zero-order valence-corrected chi connectivity index (χ0v) is 14.8. The van der Waals surface area contributed by atoms with Gasteiger partial charge in [-0.3, -0.25) is 4.79 Å². The van der Waals surface area contributed by atoms with Gasteiger partial charge in [0.2, 0.25) is 17.7 Å².